The molecule has 0 saturated carbocycles. The number of hydrogen-bond donors (Lipinski definition) is 2. The zero-order valence-electron chi connectivity index (χ0n) is 11.7. The Hall–Kier alpha value is -2.28. The Kier molecular flexibility index (Phi) is 4.15. The highest BCUT2D eigenvalue weighted by Gasteiger charge is 2.28. The van der Waals surface area contributed by atoms with Gasteiger partial charge in [0, 0.05) is 23.7 Å². The number of benzene rings is 1. The van der Waals surface area contributed by atoms with Crippen molar-refractivity contribution in [3.05, 3.63) is 29.3 Å². The monoisotopic (exact) mass is 322 g/mol. The van der Waals surface area contributed by atoms with Crippen LogP contribution in [0, 0.1) is 0 Å². The lowest BCUT2D eigenvalue weighted by Gasteiger charge is -2.20. The number of likely N-dealkylation sites (tertiary alicyclic amines) is 1. The van der Waals surface area contributed by atoms with Crippen molar-refractivity contribution in [2.45, 2.75) is 18.9 Å². The van der Waals surface area contributed by atoms with Crippen LogP contribution in [0.1, 0.15) is 12.8 Å². The van der Waals surface area contributed by atoms with E-state index in [9.17, 15) is 4.79 Å². The van der Waals surface area contributed by atoms with Gasteiger partial charge in [0.05, 0.1) is 6.04 Å². The number of rotatable bonds is 4. The molecule has 1 saturated heterocycles. The van der Waals surface area contributed by atoms with Gasteiger partial charge in [0.2, 0.25) is 5.82 Å². The normalized spacial score (nSPS) is 17.7. The second-order valence-electron chi connectivity index (χ2n) is 5.09. The van der Waals surface area contributed by atoms with Crippen molar-refractivity contribution in [2.24, 2.45) is 0 Å². The van der Waals surface area contributed by atoms with E-state index in [0.717, 1.165) is 18.4 Å². The number of hydrogen-bond acceptors (Lipinski definition) is 5. The Bertz CT molecular complexity index is 676. The summed E-state index contributed by atoms with van der Waals surface area (Å²) in [6.45, 7) is 1.02. The standard InChI is InChI=1S/C14H15ClN4O3/c15-10-4-1-3-9(7-10)12-17-13(22-18-12)16-8-11-5-2-6-19(11)14(20)21/h1,3-4,7,11H,2,5-6,8H2,(H,20,21)(H,16,17,18)/t11-/m0/s1. The van der Waals surface area contributed by atoms with Crippen LogP contribution in [-0.2, 0) is 0 Å². The van der Waals surface area contributed by atoms with Gasteiger partial charge in [-0.3, -0.25) is 0 Å². The first kappa shape index (κ1) is 14.6. The molecular weight excluding hydrogens is 308 g/mol. The van der Waals surface area contributed by atoms with E-state index in [1.54, 1.807) is 12.1 Å². The van der Waals surface area contributed by atoms with E-state index in [0.29, 0.717) is 23.9 Å². The van der Waals surface area contributed by atoms with Gasteiger partial charge in [0.15, 0.2) is 0 Å². The van der Waals surface area contributed by atoms with Crippen molar-refractivity contribution in [3.63, 3.8) is 0 Å². The zero-order chi connectivity index (χ0) is 15.5. The molecule has 1 aliphatic rings. The molecular formula is C14H15ClN4O3. The van der Waals surface area contributed by atoms with Gasteiger partial charge in [0.1, 0.15) is 0 Å². The van der Waals surface area contributed by atoms with E-state index in [4.69, 9.17) is 21.2 Å². The number of carboxylic acid groups (broad SMARTS) is 1. The second kappa shape index (κ2) is 6.23. The molecule has 22 heavy (non-hydrogen) atoms. The van der Waals surface area contributed by atoms with Crippen molar-refractivity contribution >= 4 is 23.7 Å². The van der Waals surface area contributed by atoms with Crippen LogP contribution in [-0.4, -0.2) is 45.4 Å². The molecule has 8 heteroatoms. The Morgan fingerprint density at radius 3 is 3.18 bits per heavy atom. The van der Waals surface area contributed by atoms with Crippen molar-refractivity contribution in [1.29, 1.82) is 0 Å². The third-order valence-electron chi connectivity index (χ3n) is 3.62. The molecule has 0 aliphatic carbocycles. The Morgan fingerprint density at radius 2 is 2.41 bits per heavy atom. The van der Waals surface area contributed by atoms with Gasteiger partial charge in [-0.15, -0.1) is 0 Å². The number of nitrogens with zero attached hydrogens (tertiary/aromatic N) is 3. The van der Waals surface area contributed by atoms with Gasteiger partial charge in [-0.25, -0.2) is 4.79 Å². The van der Waals surface area contributed by atoms with Crippen LogP contribution in [0.4, 0.5) is 10.8 Å². The number of amides is 1. The Morgan fingerprint density at radius 1 is 1.55 bits per heavy atom. The van der Waals surface area contributed by atoms with Crippen molar-refractivity contribution in [2.75, 3.05) is 18.4 Å². The number of anilines is 1. The summed E-state index contributed by atoms with van der Waals surface area (Å²) in [4.78, 5) is 16.7. The average molecular weight is 323 g/mol. The predicted octanol–water partition coefficient (Wildman–Crippen LogP) is 2.94. The minimum atomic E-state index is -0.894. The summed E-state index contributed by atoms with van der Waals surface area (Å²) in [5, 5.41) is 16.6. The van der Waals surface area contributed by atoms with Crippen LogP contribution in [0.15, 0.2) is 28.8 Å². The van der Waals surface area contributed by atoms with Crippen molar-refractivity contribution < 1.29 is 14.4 Å². The molecule has 116 valence electrons. The van der Waals surface area contributed by atoms with Crippen LogP contribution >= 0.6 is 11.6 Å². The summed E-state index contributed by atoms with van der Waals surface area (Å²) in [5.74, 6) is 0.437. The fourth-order valence-corrected chi connectivity index (χ4v) is 2.74. The average Bonchev–Trinajstić information content (AvgIpc) is 3.14. The van der Waals surface area contributed by atoms with Gasteiger partial charge in [0.25, 0.3) is 0 Å². The molecule has 0 unspecified atom stereocenters. The summed E-state index contributed by atoms with van der Waals surface area (Å²) in [6, 6.07) is 7.37. The number of aromatic nitrogens is 2. The maximum absolute atomic E-state index is 11.1. The van der Waals surface area contributed by atoms with E-state index in [-0.39, 0.29) is 12.1 Å². The van der Waals surface area contributed by atoms with Crippen LogP contribution < -0.4 is 5.32 Å². The lowest BCUT2D eigenvalue weighted by molar-refractivity contribution is 0.142. The van der Waals surface area contributed by atoms with Gasteiger partial charge < -0.3 is 19.8 Å². The van der Waals surface area contributed by atoms with Gasteiger partial charge >= 0.3 is 12.1 Å². The number of halogens is 1. The number of nitrogens with one attached hydrogen (secondary N) is 1. The highest BCUT2D eigenvalue weighted by atomic mass is 35.5. The van der Waals surface area contributed by atoms with E-state index < -0.39 is 6.09 Å². The fraction of sp³-hybridized carbons (Fsp3) is 0.357. The SMILES string of the molecule is O=C(O)N1CCC[C@H]1CNc1nc(-c2cccc(Cl)c2)no1. The van der Waals surface area contributed by atoms with Gasteiger partial charge in [-0.2, -0.15) is 4.98 Å². The van der Waals surface area contributed by atoms with E-state index in [1.807, 2.05) is 12.1 Å². The molecule has 7 nitrogen and oxygen atoms in total. The van der Waals surface area contributed by atoms with Crippen molar-refractivity contribution in [3.8, 4) is 11.4 Å². The molecule has 2 aromatic rings. The maximum atomic E-state index is 11.1. The first-order chi connectivity index (χ1) is 10.6. The molecule has 0 bridgehead atoms. The van der Waals surface area contributed by atoms with E-state index in [1.165, 1.54) is 4.90 Å². The molecule has 1 amide bonds. The molecule has 1 fully saturated rings. The molecule has 2 N–H and O–H groups in total. The lowest BCUT2D eigenvalue weighted by atomic mass is 10.2. The highest BCUT2D eigenvalue weighted by molar-refractivity contribution is 6.30. The highest BCUT2D eigenvalue weighted by Crippen LogP contribution is 2.22. The van der Waals surface area contributed by atoms with E-state index >= 15 is 0 Å². The van der Waals surface area contributed by atoms with Crippen LogP contribution in [0.25, 0.3) is 11.4 Å². The predicted molar refractivity (Wildman–Crippen MR) is 81.0 cm³/mol. The lowest BCUT2D eigenvalue weighted by Crippen LogP contribution is -2.38. The van der Waals surface area contributed by atoms with Gasteiger partial charge in [-0.1, -0.05) is 28.9 Å². The van der Waals surface area contributed by atoms with Crippen LogP contribution in [0.5, 0.6) is 0 Å². The van der Waals surface area contributed by atoms with Crippen molar-refractivity contribution in [1.82, 2.24) is 15.0 Å². The maximum Gasteiger partial charge on any atom is 0.407 e. The summed E-state index contributed by atoms with van der Waals surface area (Å²) >= 11 is 5.93. The Balaban J connectivity index is 1.64. The Labute approximate surface area is 131 Å². The second-order valence-corrected chi connectivity index (χ2v) is 5.52. The molecule has 1 atom stereocenters. The molecule has 0 spiro atoms. The topological polar surface area (TPSA) is 91.5 Å². The molecule has 3 rings (SSSR count). The largest absolute Gasteiger partial charge is 0.465 e. The first-order valence-electron chi connectivity index (χ1n) is 6.96. The summed E-state index contributed by atoms with van der Waals surface area (Å²) in [7, 11) is 0. The molecule has 1 aromatic carbocycles. The minimum Gasteiger partial charge on any atom is -0.465 e. The minimum absolute atomic E-state index is 0.0704. The molecule has 1 aromatic heterocycles. The fourth-order valence-electron chi connectivity index (χ4n) is 2.54. The van der Waals surface area contributed by atoms with Crippen LogP contribution in [0.3, 0.4) is 0 Å². The molecule has 0 radical (unpaired) electrons. The summed E-state index contributed by atoms with van der Waals surface area (Å²) in [5.41, 5.74) is 0.761. The third-order valence-corrected chi connectivity index (χ3v) is 3.86. The first-order valence-corrected chi connectivity index (χ1v) is 7.34. The smallest absolute Gasteiger partial charge is 0.407 e. The molecule has 2 heterocycles. The number of carbonyl (C=O) groups is 1. The molecule has 1 aliphatic heterocycles. The van der Waals surface area contributed by atoms with Crippen LogP contribution in [0.2, 0.25) is 5.02 Å². The summed E-state index contributed by atoms with van der Waals surface area (Å²) in [6.07, 6.45) is 0.805. The third kappa shape index (κ3) is 3.14. The summed E-state index contributed by atoms with van der Waals surface area (Å²) < 4.78 is 5.13. The van der Waals surface area contributed by atoms with E-state index in [2.05, 4.69) is 15.5 Å². The zero-order valence-corrected chi connectivity index (χ0v) is 12.5. The quantitative estimate of drug-likeness (QED) is 0.899. The van der Waals surface area contributed by atoms with Gasteiger partial charge in [-0.05, 0) is 25.0 Å².